The lowest BCUT2D eigenvalue weighted by Crippen LogP contribution is -2.35. The van der Waals surface area contributed by atoms with Crippen molar-refractivity contribution in [2.24, 2.45) is 0 Å². The Morgan fingerprint density at radius 1 is 1.56 bits per heavy atom. The second-order valence-corrected chi connectivity index (χ2v) is 4.07. The molecule has 1 amide bonds. The standard InChI is InChI=1S/C12H15N5O/c1-9(7-17-6-5-14-8-17)16-12(18)10-3-2-4-15-11(10)13/h2-6,8-9H,7H2,1H3,(H2,13,15)(H,16,18). The van der Waals surface area contributed by atoms with Crippen LogP contribution >= 0.6 is 0 Å². The molecule has 2 aromatic heterocycles. The molecular formula is C12H15N5O. The lowest BCUT2D eigenvalue weighted by atomic mass is 10.2. The Morgan fingerprint density at radius 3 is 3.06 bits per heavy atom. The van der Waals surface area contributed by atoms with Crippen LogP contribution in [0.25, 0.3) is 0 Å². The van der Waals surface area contributed by atoms with E-state index < -0.39 is 0 Å². The van der Waals surface area contributed by atoms with Gasteiger partial charge in [-0.3, -0.25) is 4.79 Å². The first kappa shape index (κ1) is 12.1. The SMILES string of the molecule is CC(Cn1ccnc1)NC(=O)c1cccnc1N. The van der Waals surface area contributed by atoms with Crippen molar-refractivity contribution in [1.82, 2.24) is 19.9 Å². The van der Waals surface area contributed by atoms with Crippen LogP contribution in [0.15, 0.2) is 37.1 Å². The van der Waals surface area contributed by atoms with Crippen LogP contribution in [0.2, 0.25) is 0 Å². The highest BCUT2D eigenvalue weighted by atomic mass is 16.1. The van der Waals surface area contributed by atoms with Gasteiger partial charge in [0.2, 0.25) is 0 Å². The van der Waals surface area contributed by atoms with Gasteiger partial charge in [0.25, 0.3) is 5.91 Å². The Labute approximate surface area is 105 Å². The van der Waals surface area contributed by atoms with Crippen LogP contribution in [0.4, 0.5) is 5.82 Å². The average molecular weight is 245 g/mol. The van der Waals surface area contributed by atoms with E-state index in [1.165, 1.54) is 0 Å². The number of anilines is 1. The molecule has 2 aromatic rings. The topological polar surface area (TPSA) is 85.8 Å². The number of amides is 1. The molecule has 0 saturated heterocycles. The van der Waals surface area contributed by atoms with Gasteiger partial charge in [0.1, 0.15) is 5.82 Å². The zero-order chi connectivity index (χ0) is 13.0. The fraction of sp³-hybridized carbons (Fsp3) is 0.250. The minimum Gasteiger partial charge on any atom is -0.383 e. The van der Waals surface area contributed by atoms with E-state index in [-0.39, 0.29) is 17.8 Å². The van der Waals surface area contributed by atoms with Gasteiger partial charge in [0.15, 0.2) is 0 Å². The minimum atomic E-state index is -0.215. The van der Waals surface area contributed by atoms with Gasteiger partial charge in [-0.2, -0.15) is 0 Å². The normalized spacial score (nSPS) is 12.1. The molecule has 0 bridgehead atoms. The number of hydrogen-bond acceptors (Lipinski definition) is 4. The van der Waals surface area contributed by atoms with Gasteiger partial charge in [-0.25, -0.2) is 9.97 Å². The van der Waals surface area contributed by atoms with E-state index in [1.807, 2.05) is 17.7 Å². The van der Waals surface area contributed by atoms with Crippen LogP contribution in [-0.4, -0.2) is 26.5 Å². The number of carbonyl (C=O) groups excluding carboxylic acids is 1. The fourth-order valence-electron chi connectivity index (χ4n) is 1.67. The van der Waals surface area contributed by atoms with Gasteiger partial charge in [-0.15, -0.1) is 0 Å². The van der Waals surface area contributed by atoms with E-state index in [9.17, 15) is 4.79 Å². The predicted octanol–water partition coefficient (Wildman–Crippen LogP) is 0.679. The molecule has 0 radical (unpaired) electrons. The number of nitrogen functional groups attached to an aromatic ring is 1. The highest BCUT2D eigenvalue weighted by molar-refractivity contribution is 5.98. The molecule has 0 aromatic carbocycles. The first-order chi connectivity index (χ1) is 8.66. The Balaban J connectivity index is 1.97. The van der Waals surface area contributed by atoms with Gasteiger partial charge < -0.3 is 15.6 Å². The summed E-state index contributed by atoms with van der Waals surface area (Å²) in [4.78, 5) is 19.8. The summed E-state index contributed by atoms with van der Waals surface area (Å²) in [5.74, 6) is 0.0260. The van der Waals surface area contributed by atoms with Crippen LogP contribution in [0, 0.1) is 0 Å². The molecule has 1 atom stereocenters. The van der Waals surface area contributed by atoms with Crippen molar-refractivity contribution in [3.8, 4) is 0 Å². The number of aromatic nitrogens is 3. The predicted molar refractivity (Wildman–Crippen MR) is 67.8 cm³/mol. The summed E-state index contributed by atoms with van der Waals surface area (Å²) in [5, 5.41) is 2.87. The van der Waals surface area contributed by atoms with Crippen molar-refractivity contribution in [1.29, 1.82) is 0 Å². The maximum Gasteiger partial charge on any atom is 0.255 e. The maximum atomic E-state index is 11.9. The lowest BCUT2D eigenvalue weighted by Gasteiger charge is -2.14. The van der Waals surface area contributed by atoms with E-state index in [0.29, 0.717) is 12.1 Å². The highest BCUT2D eigenvalue weighted by Gasteiger charge is 2.12. The molecule has 94 valence electrons. The van der Waals surface area contributed by atoms with Crippen LogP contribution in [0.3, 0.4) is 0 Å². The van der Waals surface area contributed by atoms with Gasteiger partial charge in [0.05, 0.1) is 11.9 Å². The van der Waals surface area contributed by atoms with E-state index >= 15 is 0 Å². The van der Waals surface area contributed by atoms with E-state index in [4.69, 9.17) is 5.73 Å². The van der Waals surface area contributed by atoms with Crippen molar-refractivity contribution in [2.45, 2.75) is 19.5 Å². The van der Waals surface area contributed by atoms with Gasteiger partial charge in [-0.1, -0.05) is 0 Å². The van der Waals surface area contributed by atoms with Crippen molar-refractivity contribution in [2.75, 3.05) is 5.73 Å². The second kappa shape index (κ2) is 5.31. The number of nitrogens with one attached hydrogen (secondary N) is 1. The monoisotopic (exact) mass is 245 g/mol. The molecule has 2 rings (SSSR count). The molecule has 3 N–H and O–H groups in total. The number of nitrogens with zero attached hydrogens (tertiary/aromatic N) is 3. The van der Waals surface area contributed by atoms with Gasteiger partial charge in [-0.05, 0) is 19.1 Å². The molecule has 0 aliphatic heterocycles. The number of pyridine rings is 1. The van der Waals surface area contributed by atoms with Crippen LogP contribution in [0.1, 0.15) is 17.3 Å². The third-order valence-corrected chi connectivity index (χ3v) is 2.50. The summed E-state index contributed by atoms with van der Waals surface area (Å²) in [7, 11) is 0. The van der Waals surface area contributed by atoms with E-state index in [0.717, 1.165) is 0 Å². The Hall–Kier alpha value is -2.37. The van der Waals surface area contributed by atoms with Gasteiger partial charge >= 0.3 is 0 Å². The lowest BCUT2D eigenvalue weighted by molar-refractivity contribution is 0.0937. The summed E-state index contributed by atoms with van der Waals surface area (Å²) >= 11 is 0. The van der Waals surface area contributed by atoms with Crippen molar-refractivity contribution < 1.29 is 4.79 Å². The van der Waals surface area contributed by atoms with Crippen molar-refractivity contribution >= 4 is 11.7 Å². The number of hydrogen-bond donors (Lipinski definition) is 2. The van der Waals surface area contributed by atoms with Crippen LogP contribution < -0.4 is 11.1 Å². The zero-order valence-electron chi connectivity index (χ0n) is 10.1. The quantitative estimate of drug-likeness (QED) is 0.829. The highest BCUT2D eigenvalue weighted by Crippen LogP contribution is 2.06. The van der Waals surface area contributed by atoms with Crippen LogP contribution in [-0.2, 0) is 6.54 Å². The summed E-state index contributed by atoms with van der Waals surface area (Å²) in [6.45, 7) is 2.58. The Morgan fingerprint density at radius 2 is 2.39 bits per heavy atom. The number of carbonyl (C=O) groups is 1. The Bertz CT molecular complexity index is 523. The van der Waals surface area contributed by atoms with E-state index in [2.05, 4.69) is 15.3 Å². The molecule has 6 heteroatoms. The summed E-state index contributed by atoms with van der Waals surface area (Å²) in [5.41, 5.74) is 6.04. The first-order valence-corrected chi connectivity index (χ1v) is 5.64. The maximum absolute atomic E-state index is 11.9. The number of imidazole rings is 1. The molecule has 0 saturated carbocycles. The molecule has 0 fully saturated rings. The van der Waals surface area contributed by atoms with E-state index in [1.54, 1.807) is 30.9 Å². The first-order valence-electron chi connectivity index (χ1n) is 5.64. The Kier molecular flexibility index (Phi) is 3.57. The molecule has 1 unspecified atom stereocenters. The van der Waals surface area contributed by atoms with Gasteiger partial charge in [0, 0.05) is 31.2 Å². The summed E-state index contributed by atoms with van der Waals surface area (Å²) in [6.07, 6.45) is 6.82. The molecule has 0 spiro atoms. The third kappa shape index (κ3) is 2.85. The average Bonchev–Trinajstić information content (AvgIpc) is 2.82. The third-order valence-electron chi connectivity index (χ3n) is 2.50. The largest absolute Gasteiger partial charge is 0.383 e. The molecular weight excluding hydrogens is 230 g/mol. The smallest absolute Gasteiger partial charge is 0.255 e. The fourth-order valence-corrected chi connectivity index (χ4v) is 1.67. The molecule has 2 heterocycles. The molecule has 0 aliphatic carbocycles. The molecule has 6 nitrogen and oxygen atoms in total. The minimum absolute atomic E-state index is 0.0219. The summed E-state index contributed by atoms with van der Waals surface area (Å²) in [6, 6.07) is 3.32. The molecule has 18 heavy (non-hydrogen) atoms. The zero-order valence-corrected chi connectivity index (χ0v) is 10.1. The summed E-state index contributed by atoms with van der Waals surface area (Å²) < 4.78 is 1.90. The van der Waals surface area contributed by atoms with Crippen molar-refractivity contribution in [3.05, 3.63) is 42.6 Å². The molecule has 0 aliphatic rings. The second-order valence-electron chi connectivity index (χ2n) is 4.07. The number of rotatable bonds is 4. The van der Waals surface area contributed by atoms with Crippen molar-refractivity contribution in [3.63, 3.8) is 0 Å². The van der Waals surface area contributed by atoms with Crippen LogP contribution in [0.5, 0.6) is 0 Å². The number of nitrogens with two attached hydrogens (primary N) is 1.